The second-order valence-electron chi connectivity index (χ2n) is 1.66. The van der Waals surface area contributed by atoms with E-state index in [4.69, 9.17) is 0 Å². The lowest BCUT2D eigenvalue weighted by atomic mass is 10.2. The smallest absolute Gasteiger partial charge is 0.142 e. The predicted octanol–water partition coefficient (Wildman–Crippen LogP) is 2.04. The molecule has 1 heteroatoms. The summed E-state index contributed by atoms with van der Waals surface area (Å²) in [5.74, 6) is 0. The molecule has 0 amide bonds. The lowest BCUT2D eigenvalue weighted by molar-refractivity contribution is -0.104. The van der Waals surface area contributed by atoms with E-state index in [1.807, 2.05) is 0 Å². The Kier molecular flexibility index (Phi) is 4.97. The van der Waals surface area contributed by atoms with Crippen molar-refractivity contribution in [3.8, 4) is 0 Å². The lowest BCUT2D eigenvalue weighted by Crippen LogP contribution is -1.66. The first kappa shape index (κ1) is 8.63. The predicted molar refractivity (Wildman–Crippen MR) is 43.7 cm³/mol. The van der Waals surface area contributed by atoms with Gasteiger partial charge < -0.3 is 0 Å². The maximum absolute atomic E-state index is 9.81. The van der Waals surface area contributed by atoms with Crippen LogP contribution in [0.25, 0.3) is 0 Å². The van der Waals surface area contributed by atoms with Crippen LogP contribution in [0.3, 0.4) is 0 Å². The van der Waals surface area contributed by atoms with Crippen molar-refractivity contribution in [2.24, 2.45) is 0 Å². The van der Waals surface area contributed by atoms with Gasteiger partial charge in [-0.05, 0) is 11.6 Å². The molecule has 0 aliphatic carbocycles. The van der Waals surface area contributed by atoms with E-state index in [2.05, 4.69) is 13.2 Å². The monoisotopic (exact) mass is 134 g/mol. The number of carbonyl (C=O) groups is 1. The average molecular weight is 134 g/mol. The molecule has 0 fully saturated rings. The van der Waals surface area contributed by atoms with Gasteiger partial charge in [-0.25, -0.2) is 0 Å². The molecular weight excluding hydrogens is 124 g/mol. The van der Waals surface area contributed by atoms with E-state index in [9.17, 15) is 4.79 Å². The molecule has 0 saturated heterocycles. The van der Waals surface area contributed by atoms with Gasteiger partial charge in [0.05, 0.1) is 0 Å². The van der Waals surface area contributed by atoms with Gasteiger partial charge in [0, 0.05) is 0 Å². The van der Waals surface area contributed by atoms with E-state index in [1.165, 1.54) is 6.08 Å². The van der Waals surface area contributed by atoms with E-state index in [0.717, 1.165) is 5.57 Å². The molecule has 52 valence electrons. The van der Waals surface area contributed by atoms with Gasteiger partial charge >= 0.3 is 0 Å². The van der Waals surface area contributed by atoms with Gasteiger partial charge in [0.1, 0.15) is 6.29 Å². The Balaban J connectivity index is 3.85. The van der Waals surface area contributed by atoms with Gasteiger partial charge in [-0.15, -0.1) is 0 Å². The minimum absolute atomic E-state index is 0.715. The Hall–Kier alpha value is -1.37. The average Bonchev–Trinajstić information content (AvgIpc) is 1.97. The van der Waals surface area contributed by atoms with E-state index in [1.54, 1.807) is 24.3 Å². The second kappa shape index (κ2) is 5.76. The van der Waals surface area contributed by atoms with Crippen molar-refractivity contribution < 1.29 is 4.79 Å². The minimum atomic E-state index is 0.715. The van der Waals surface area contributed by atoms with Gasteiger partial charge in [0.2, 0.25) is 0 Å². The number of allylic oxidation sites excluding steroid dienone is 6. The van der Waals surface area contributed by atoms with Crippen LogP contribution in [0.15, 0.2) is 49.1 Å². The number of hydrogen-bond donors (Lipinski definition) is 0. The molecule has 0 bridgehead atoms. The standard InChI is InChI=1S/C9H10O/c1-3-4-6-9(2)7-5-8-10/h3-8H,1-2H2/b6-4-,7-5+. The van der Waals surface area contributed by atoms with Crippen LogP contribution in [0.5, 0.6) is 0 Å². The van der Waals surface area contributed by atoms with Crippen molar-refractivity contribution in [3.63, 3.8) is 0 Å². The summed E-state index contributed by atoms with van der Waals surface area (Å²) in [5.41, 5.74) is 0.784. The Morgan fingerprint density at radius 2 is 1.80 bits per heavy atom. The van der Waals surface area contributed by atoms with Gasteiger partial charge in [-0.2, -0.15) is 0 Å². The van der Waals surface area contributed by atoms with Crippen LogP contribution in [0.1, 0.15) is 0 Å². The summed E-state index contributed by atoms with van der Waals surface area (Å²) in [7, 11) is 0. The molecule has 0 heterocycles. The molecule has 0 radical (unpaired) electrons. The fraction of sp³-hybridized carbons (Fsp3) is 0. The Bertz CT molecular complexity index is 165. The zero-order valence-electron chi connectivity index (χ0n) is 5.79. The van der Waals surface area contributed by atoms with Crippen molar-refractivity contribution in [1.29, 1.82) is 0 Å². The summed E-state index contributed by atoms with van der Waals surface area (Å²) in [6, 6.07) is 0. The quantitative estimate of drug-likeness (QED) is 0.326. The second-order valence-corrected chi connectivity index (χ2v) is 1.66. The van der Waals surface area contributed by atoms with Crippen LogP contribution in [0.4, 0.5) is 0 Å². The number of rotatable bonds is 4. The molecule has 0 spiro atoms. The first-order valence-corrected chi connectivity index (χ1v) is 2.91. The molecule has 0 aliphatic heterocycles. The van der Waals surface area contributed by atoms with Crippen molar-refractivity contribution >= 4 is 6.29 Å². The van der Waals surface area contributed by atoms with Crippen LogP contribution in [-0.4, -0.2) is 6.29 Å². The van der Waals surface area contributed by atoms with Gasteiger partial charge in [0.15, 0.2) is 0 Å². The Labute approximate surface area is 61.1 Å². The zero-order chi connectivity index (χ0) is 7.82. The molecule has 0 N–H and O–H groups in total. The van der Waals surface area contributed by atoms with Gasteiger partial charge in [-0.3, -0.25) is 4.79 Å². The molecule has 0 saturated carbocycles. The molecule has 1 nitrogen and oxygen atoms in total. The number of hydrogen-bond acceptors (Lipinski definition) is 1. The highest BCUT2D eigenvalue weighted by Crippen LogP contribution is 1.93. The van der Waals surface area contributed by atoms with E-state index in [-0.39, 0.29) is 0 Å². The highest BCUT2D eigenvalue weighted by molar-refractivity contribution is 5.66. The van der Waals surface area contributed by atoms with Crippen LogP contribution < -0.4 is 0 Å². The first-order valence-electron chi connectivity index (χ1n) is 2.91. The van der Waals surface area contributed by atoms with Crippen LogP contribution >= 0.6 is 0 Å². The SMILES string of the molecule is C=C/C=C\C(=C)/C=C/C=O. The lowest BCUT2D eigenvalue weighted by Gasteiger charge is -1.82. The fourth-order valence-electron chi connectivity index (χ4n) is 0.410. The molecule has 10 heavy (non-hydrogen) atoms. The summed E-state index contributed by atoms with van der Waals surface area (Å²) in [4.78, 5) is 9.81. The highest BCUT2D eigenvalue weighted by Gasteiger charge is 1.75. The molecule has 0 aliphatic rings. The molecule has 0 unspecified atom stereocenters. The van der Waals surface area contributed by atoms with Crippen LogP contribution in [0, 0.1) is 0 Å². The molecule has 0 rings (SSSR count). The molecule has 0 aromatic rings. The molecule has 0 atom stereocenters. The normalized spacial score (nSPS) is 10.4. The van der Waals surface area contributed by atoms with Crippen molar-refractivity contribution in [2.45, 2.75) is 0 Å². The van der Waals surface area contributed by atoms with E-state index >= 15 is 0 Å². The van der Waals surface area contributed by atoms with Crippen molar-refractivity contribution in [3.05, 3.63) is 49.1 Å². The summed E-state index contributed by atoms with van der Waals surface area (Å²) >= 11 is 0. The summed E-state index contributed by atoms with van der Waals surface area (Å²) < 4.78 is 0. The summed E-state index contributed by atoms with van der Waals surface area (Å²) in [5, 5.41) is 0. The third-order valence-electron chi connectivity index (χ3n) is 0.835. The highest BCUT2D eigenvalue weighted by atomic mass is 16.1. The fourth-order valence-corrected chi connectivity index (χ4v) is 0.410. The van der Waals surface area contributed by atoms with Crippen LogP contribution in [0.2, 0.25) is 0 Å². The molecule has 0 aromatic carbocycles. The molecule has 0 aromatic heterocycles. The van der Waals surface area contributed by atoms with Crippen molar-refractivity contribution in [2.75, 3.05) is 0 Å². The third kappa shape index (κ3) is 4.78. The van der Waals surface area contributed by atoms with E-state index < -0.39 is 0 Å². The number of aldehydes is 1. The maximum atomic E-state index is 9.81. The minimum Gasteiger partial charge on any atom is -0.299 e. The topological polar surface area (TPSA) is 17.1 Å². The Morgan fingerprint density at radius 3 is 2.30 bits per heavy atom. The summed E-state index contributed by atoms with van der Waals surface area (Å²) in [6.07, 6.45) is 8.93. The summed E-state index contributed by atoms with van der Waals surface area (Å²) in [6.45, 7) is 7.14. The third-order valence-corrected chi connectivity index (χ3v) is 0.835. The first-order chi connectivity index (χ1) is 4.81. The molecular formula is C9H10O. The van der Waals surface area contributed by atoms with Gasteiger partial charge in [-0.1, -0.05) is 37.5 Å². The van der Waals surface area contributed by atoms with Crippen molar-refractivity contribution in [1.82, 2.24) is 0 Å². The largest absolute Gasteiger partial charge is 0.299 e. The van der Waals surface area contributed by atoms with Gasteiger partial charge in [0.25, 0.3) is 0 Å². The van der Waals surface area contributed by atoms with E-state index in [0.29, 0.717) is 6.29 Å². The number of carbonyl (C=O) groups excluding carboxylic acids is 1. The zero-order valence-corrected chi connectivity index (χ0v) is 5.79. The maximum Gasteiger partial charge on any atom is 0.142 e. The van der Waals surface area contributed by atoms with Crippen LogP contribution in [-0.2, 0) is 4.79 Å². The Morgan fingerprint density at radius 1 is 1.20 bits per heavy atom.